The van der Waals surface area contributed by atoms with Crippen molar-refractivity contribution in [2.75, 3.05) is 6.61 Å². The molecule has 18 heavy (non-hydrogen) atoms. The molecule has 0 N–H and O–H groups in total. The Kier molecular flexibility index (Phi) is 2.70. The van der Waals surface area contributed by atoms with Gasteiger partial charge in [-0.1, -0.05) is 27.7 Å². The minimum Gasteiger partial charge on any atom is -0.375 e. The molecule has 1 aliphatic heterocycles. The highest BCUT2D eigenvalue weighted by molar-refractivity contribution is 5.10. The summed E-state index contributed by atoms with van der Waals surface area (Å²) in [5, 5.41) is 0. The first-order valence-corrected chi connectivity index (χ1v) is 7.95. The molecule has 2 saturated carbocycles. The van der Waals surface area contributed by atoms with Gasteiger partial charge in [0.1, 0.15) is 0 Å². The van der Waals surface area contributed by atoms with Crippen LogP contribution in [0.2, 0.25) is 0 Å². The molecule has 3 fully saturated rings. The molecule has 1 heterocycles. The summed E-state index contributed by atoms with van der Waals surface area (Å²) in [6, 6.07) is 0. The Bertz CT molecular complexity index is 348. The van der Waals surface area contributed by atoms with Crippen molar-refractivity contribution in [1.29, 1.82) is 0 Å². The van der Waals surface area contributed by atoms with Crippen LogP contribution in [0.4, 0.5) is 0 Å². The molecular weight excluding hydrogens is 220 g/mol. The van der Waals surface area contributed by atoms with Crippen LogP contribution in [-0.4, -0.2) is 12.2 Å². The van der Waals surface area contributed by atoms with Crippen LogP contribution in [0.25, 0.3) is 0 Å². The molecule has 1 nitrogen and oxygen atoms in total. The number of ether oxygens (including phenoxy) is 1. The standard InChI is InChI=1S/C17H30O/c1-12-6-9-16(4)13(15(12,2)3)7-10-17(5)14(16)8-11-18-17/h12-14H,6-11H2,1-5H3/t12-,13-,14-,16?,17-/m0/s1. The summed E-state index contributed by atoms with van der Waals surface area (Å²) in [6.07, 6.45) is 6.79. The van der Waals surface area contributed by atoms with Gasteiger partial charge < -0.3 is 4.74 Å². The van der Waals surface area contributed by atoms with Crippen molar-refractivity contribution in [1.82, 2.24) is 0 Å². The zero-order chi connectivity index (χ0) is 13.2. The first kappa shape index (κ1) is 13.0. The van der Waals surface area contributed by atoms with Crippen LogP contribution < -0.4 is 0 Å². The van der Waals surface area contributed by atoms with E-state index in [1.165, 1.54) is 32.1 Å². The van der Waals surface area contributed by atoms with E-state index in [1.807, 2.05) is 0 Å². The second kappa shape index (κ2) is 3.75. The first-order chi connectivity index (χ1) is 8.31. The molecule has 5 atom stereocenters. The fourth-order valence-electron chi connectivity index (χ4n) is 5.91. The molecule has 2 aliphatic carbocycles. The summed E-state index contributed by atoms with van der Waals surface area (Å²) in [6.45, 7) is 13.5. The van der Waals surface area contributed by atoms with Crippen LogP contribution in [0.15, 0.2) is 0 Å². The first-order valence-electron chi connectivity index (χ1n) is 7.95. The van der Waals surface area contributed by atoms with Gasteiger partial charge in [0, 0.05) is 6.61 Å². The van der Waals surface area contributed by atoms with Crippen LogP contribution in [-0.2, 0) is 4.74 Å². The number of fused-ring (bicyclic) bond motifs is 3. The fourth-order valence-corrected chi connectivity index (χ4v) is 5.91. The minimum atomic E-state index is 0.196. The Balaban J connectivity index is 1.98. The zero-order valence-electron chi connectivity index (χ0n) is 12.9. The zero-order valence-corrected chi connectivity index (χ0v) is 12.9. The average Bonchev–Trinajstić information content (AvgIpc) is 2.68. The van der Waals surface area contributed by atoms with Gasteiger partial charge in [-0.05, 0) is 67.6 Å². The fraction of sp³-hybridized carbons (Fsp3) is 1.00. The van der Waals surface area contributed by atoms with E-state index in [9.17, 15) is 0 Å². The molecule has 3 aliphatic rings. The van der Waals surface area contributed by atoms with E-state index in [4.69, 9.17) is 4.74 Å². The third kappa shape index (κ3) is 1.49. The maximum atomic E-state index is 6.15. The summed E-state index contributed by atoms with van der Waals surface area (Å²) in [7, 11) is 0. The summed E-state index contributed by atoms with van der Waals surface area (Å²) < 4.78 is 6.15. The van der Waals surface area contributed by atoms with Crippen molar-refractivity contribution in [2.24, 2.45) is 28.6 Å². The van der Waals surface area contributed by atoms with Crippen LogP contribution >= 0.6 is 0 Å². The smallest absolute Gasteiger partial charge is 0.0688 e. The van der Waals surface area contributed by atoms with Gasteiger partial charge in [0.25, 0.3) is 0 Å². The van der Waals surface area contributed by atoms with Gasteiger partial charge >= 0.3 is 0 Å². The molecule has 0 amide bonds. The SMILES string of the molecule is C[C@H]1CCC2(C)[C@@H](CC[C@]3(C)OCC[C@@H]23)C1(C)C. The molecule has 1 unspecified atom stereocenters. The molecular formula is C17H30O. The van der Waals surface area contributed by atoms with Crippen LogP contribution in [0, 0.1) is 28.6 Å². The van der Waals surface area contributed by atoms with Crippen molar-refractivity contribution in [2.45, 2.75) is 72.3 Å². The molecule has 1 heteroatoms. The number of rotatable bonds is 0. The maximum Gasteiger partial charge on any atom is 0.0688 e. The van der Waals surface area contributed by atoms with Gasteiger partial charge in [-0.3, -0.25) is 0 Å². The van der Waals surface area contributed by atoms with Gasteiger partial charge in [-0.25, -0.2) is 0 Å². The Morgan fingerprint density at radius 1 is 0.889 bits per heavy atom. The lowest BCUT2D eigenvalue weighted by atomic mass is 9.43. The lowest BCUT2D eigenvalue weighted by molar-refractivity contribution is -0.161. The van der Waals surface area contributed by atoms with E-state index < -0.39 is 0 Å². The highest BCUT2D eigenvalue weighted by Gasteiger charge is 2.61. The van der Waals surface area contributed by atoms with E-state index >= 15 is 0 Å². The Hall–Kier alpha value is -0.0400. The monoisotopic (exact) mass is 250 g/mol. The molecule has 0 aromatic rings. The summed E-state index contributed by atoms with van der Waals surface area (Å²) >= 11 is 0. The van der Waals surface area contributed by atoms with Crippen LogP contribution in [0.1, 0.15) is 66.7 Å². The van der Waals surface area contributed by atoms with Crippen molar-refractivity contribution in [3.05, 3.63) is 0 Å². The van der Waals surface area contributed by atoms with Gasteiger partial charge in [-0.15, -0.1) is 0 Å². The minimum absolute atomic E-state index is 0.196. The van der Waals surface area contributed by atoms with E-state index in [0.29, 0.717) is 10.8 Å². The molecule has 0 aromatic carbocycles. The van der Waals surface area contributed by atoms with E-state index in [2.05, 4.69) is 34.6 Å². The molecule has 104 valence electrons. The Labute approximate surface area is 113 Å². The molecule has 0 spiro atoms. The Morgan fingerprint density at radius 2 is 1.61 bits per heavy atom. The van der Waals surface area contributed by atoms with Crippen molar-refractivity contribution >= 4 is 0 Å². The topological polar surface area (TPSA) is 9.23 Å². The van der Waals surface area contributed by atoms with Gasteiger partial charge in [0.15, 0.2) is 0 Å². The Morgan fingerprint density at radius 3 is 2.33 bits per heavy atom. The summed E-state index contributed by atoms with van der Waals surface area (Å²) in [5.41, 5.74) is 1.23. The van der Waals surface area contributed by atoms with Crippen molar-refractivity contribution in [3.63, 3.8) is 0 Å². The van der Waals surface area contributed by atoms with Crippen molar-refractivity contribution < 1.29 is 4.74 Å². The number of hydrogen-bond acceptors (Lipinski definition) is 1. The molecule has 3 rings (SSSR count). The maximum absolute atomic E-state index is 6.15. The lowest BCUT2D eigenvalue weighted by Gasteiger charge is -2.62. The summed E-state index contributed by atoms with van der Waals surface area (Å²) in [4.78, 5) is 0. The quantitative estimate of drug-likeness (QED) is 0.608. The van der Waals surface area contributed by atoms with E-state index in [0.717, 1.165) is 24.4 Å². The van der Waals surface area contributed by atoms with E-state index in [-0.39, 0.29) is 5.60 Å². The van der Waals surface area contributed by atoms with Gasteiger partial charge in [0.2, 0.25) is 0 Å². The van der Waals surface area contributed by atoms with Crippen LogP contribution in [0.3, 0.4) is 0 Å². The third-order valence-corrected chi connectivity index (χ3v) is 7.38. The van der Waals surface area contributed by atoms with Gasteiger partial charge in [0.05, 0.1) is 5.60 Å². The van der Waals surface area contributed by atoms with Gasteiger partial charge in [-0.2, -0.15) is 0 Å². The van der Waals surface area contributed by atoms with Crippen LogP contribution in [0.5, 0.6) is 0 Å². The third-order valence-electron chi connectivity index (χ3n) is 7.38. The normalized spacial score (nSPS) is 54.8. The number of hydrogen-bond donors (Lipinski definition) is 0. The highest BCUT2D eigenvalue weighted by Crippen LogP contribution is 2.65. The molecule has 0 radical (unpaired) electrons. The predicted molar refractivity (Wildman–Crippen MR) is 75.5 cm³/mol. The second-order valence-corrected chi connectivity index (χ2v) is 8.36. The second-order valence-electron chi connectivity index (χ2n) is 8.36. The molecule has 0 aromatic heterocycles. The summed E-state index contributed by atoms with van der Waals surface area (Å²) in [5.74, 6) is 2.58. The van der Waals surface area contributed by atoms with Crippen molar-refractivity contribution in [3.8, 4) is 0 Å². The largest absolute Gasteiger partial charge is 0.375 e. The molecule has 0 bridgehead atoms. The lowest BCUT2D eigenvalue weighted by Crippen LogP contribution is -2.57. The van der Waals surface area contributed by atoms with E-state index in [1.54, 1.807) is 0 Å². The average molecular weight is 250 g/mol. The highest BCUT2D eigenvalue weighted by atomic mass is 16.5. The molecule has 1 saturated heterocycles. The predicted octanol–water partition coefficient (Wildman–Crippen LogP) is 4.65.